The van der Waals surface area contributed by atoms with Crippen molar-refractivity contribution in [1.29, 1.82) is 0 Å². The van der Waals surface area contributed by atoms with Crippen LogP contribution in [-0.2, 0) is 0 Å². The van der Waals surface area contributed by atoms with Crippen molar-refractivity contribution in [3.8, 4) is 17.0 Å². The summed E-state index contributed by atoms with van der Waals surface area (Å²) in [6, 6.07) is 13.8. The third kappa shape index (κ3) is 2.95. The molecule has 0 aliphatic carbocycles. The highest BCUT2D eigenvalue weighted by Crippen LogP contribution is 2.27. The van der Waals surface area contributed by atoms with E-state index in [1.165, 1.54) is 24.3 Å². The largest absolute Gasteiger partial charge is 0.573 e. The van der Waals surface area contributed by atoms with Crippen LogP contribution in [0, 0.1) is 0 Å². The number of fused-ring (bicyclic) bond motifs is 1. The van der Waals surface area contributed by atoms with Gasteiger partial charge >= 0.3 is 6.36 Å². The van der Waals surface area contributed by atoms with Gasteiger partial charge in [0.05, 0.1) is 0 Å². The first-order chi connectivity index (χ1) is 10.4. The Morgan fingerprint density at radius 1 is 1.00 bits per heavy atom. The second kappa shape index (κ2) is 5.22. The molecule has 0 radical (unpaired) electrons. The van der Waals surface area contributed by atoms with Gasteiger partial charge in [-0.3, -0.25) is 4.79 Å². The zero-order valence-corrected chi connectivity index (χ0v) is 11.1. The Bertz CT molecular complexity index is 890. The summed E-state index contributed by atoms with van der Waals surface area (Å²) in [5, 5.41) is 0.522. The molecule has 0 spiro atoms. The van der Waals surface area contributed by atoms with Crippen LogP contribution < -0.4 is 10.2 Å². The van der Waals surface area contributed by atoms with Gasteiger partial charge in [0.15, 0.2) is 5.43 Å². The smallest absolute Gasteiger partial charge is 0.406 e. The Hall–Kier alpha value is -2.76. The van der Waals surface area contributed by atoms with E-state index >= 15 is 0 Å². The minimum atomic E-state index is -4.75. The fourth-order valence-corrected chi connectivity index (χ4v) is 2.21. The highest BCUT2D eigenvalue weighted by atomic mass is 19.4. The summed E-state index contributed by atoms with van der Waals surface area (Å²) >= 11 is 0. The number of ether oxygens (including phenoxy) is 1. The van der Waals surface area contributed by atoms with Crippen molar-refractivity contribution in [2.45, 2.75) is 6.36 Å². The van der Waals surface area contributed by atoms with Crippen molar-refractivity contribution in [3.63, 3.8) is 0 Å². The van der Waals surface area contributed by atoms with E-state index in [9.17, 15) is 18.0 Å². The van der Waals surface area contributed by atoms with Crippen molar-refractivity contribution >= 4 is 10.9 Å². The minimum Gasteiger partial charge on any atom is -0.406 e. The van der Waals surface area contributed by atoms with Crippen molar-refractivity contribution in [3.05, 3.63) is 64.8 Å². The summed E-state index contributed by atoms with van der Waals surface area (Å²) in [4.78, 5) is 15.1. The number of H-pyrrole nitrogens is 1. The van der Waals surface area contributed by atoms with Crippen molar-refractivity contribution < 1.29 is 19.3 Å². The molecule has 0 saturated heterocycles. The van der Waals surface area contributed by atoms with E-state index in [0.717, 1.165) is 0 Å². The fourth-order valence-electron chi connectivity index (χ4n) is 2.21. The molecule has 22 heavy (non-hydrogen) atoms. The molecule has 0 aliphatic rings. The second-order valence-electron chi connectivity index (χ2n) is 4.67. The maximum atomic E-state index is 12.3. The molecular weight excluding hydrogens is 295 g/mol. The normalized spacial score (nSPS) is 11.6. The number of aromatic nitrogens is 1. The molecule has 0 saturated carbocycles. The van der Waals surface area contributed by atoms with E-state index in [1.54, 1.807) is 30.3 Å². The van der Waals surface area contributed by atoms with Crippen LogP contribution in [0.5, 0.6) is 5.75 Å². The van der Waals surface area contributed by atoms with E-state index in [-0.39, 0.29) is 12.6 Å². The average Bonchev–Trinajstić information content (AvgIpc) is 2.46. The second-order valence-corrected chi connectivity index (χ2v) is 4.67. The van der Waals surface area contributed by atoms with Crippen LogP contribution >= 0.6 is 0 Å². The number of para-hydroxylation sites is 1. The van der Waals surface area contributed by atoms with Gasteiger partial charge in [0.25, 0.3) is 0 Å². The molecule has 1 aromatic heterocycles. The summed E-state index contributed by atoms with van der Waals surface area (Å²) in [5.41, 5.74) is 1.28. The lowest BCUT2D eigenvalue weighted by molar-refractivity contribution is -0.274. The van der Waals surface area contributed by atoms with Gasteiger partial charge in [0.2, 0.25) is 0 Å². The summed E-state index contributed by atoms with van der Waals surface area (Å²) in [7, 11) is 0. The SMILES string of the molecule is O=c1cc(-c2cccc(OC(F)(F)F)c2)[nH]c2ccccc12.[HH]. The van der Waals surface area contributed by atoms with Gasteiger partial charge in [0.1, 0.15) is 5.75 Å². The predicted molar refractivity (Wildman–Crippen MR) is 78.8 cm³/mol. The first kappa shape index (κ1) is 14.2. The van der Waals surface area contributed by atoms with E-state index in [0.29, 0.717) is 22.2 Å². The number of aromatic amines is 1. The third-order valence-electron chi connectivity index (χ3n) is 3.12. The molecule has 0 unspecified atom stereocenters. The highest BCUT2D eigenvalue weighted by molar-refractivity contribution is 5.81. The van der Waals surface area contributed by atoms with Crippen molar-refractivity contribution in [2.75, 3.05) is 0 Å². The Balaban J connectivity index is 0.00000192. The molecule has 0 amide bonds. The van der Waals surface area contributed by atoms with Gasteiger partial charge in [-0.05, 0) is 24.3 Å². The number of halogens is 3. The summed E-state index contributed by atoms with van der Waals surface area (Å²) in [6.07, 6.45) is -4.75. The first-order valence-corrected chi connectivity index (χ1v) is 6.41. The van der Waals surface area contributed by atoms with Gasteiger partial charge in [-0.15, -0.1) is 13.2 Å². The zero-order valence-electron chi connectivity index (χ0n) is 11.1. The lowest BCUT2D eigenvalue weighted by Crippen LogP contribution is -2.17. The number of rotatable bonds is 2. The quantitative estimate of drug-likeness (QED) is 0.765. The molecule has 114 valence electrons. The molecule has 3 rings (SSSR count). The number of pyridine rings is 1. The first-order valence-electron chi connectivity index (χ1n) is 6.41. The van der Waals surface area contributed by atoms with Crippen molar-refractivity contribution in [1.82, 2.24) is 4.98 Å². The van der Waals surface area contributed by atoms with Crippen LogP contribution in [-0.4, -0.2) is 11.3 Å². The minimum absolute atomic E-state index is 0. The fraction of sp³-hybridized carbons (Fsp3) is 0.0625. The number of nitrogens with one attached hydrogen (secondary N) is 1. The van der Waals surface area contributed by atoms with E-state index in [4.69, 9.17) is 0 Å². The lowest BCUT2D eigenvalue weighted by Gasteiger charge is -2.10. The molecule has 3 aromatic rings. The van der Waals surface area contributed by atoms with Gasteiger partial charge in [-0.25, -0.2) is 0 Å². The average molecular weight is 307 g/mol. The summed E-state index contributed by atoms with van der Waals surface area (Å²) in [5.74, 6) is -0.334. The molecule has 1 N–H and O–H groups in total. The van der Waals surface area contributed by atoms with Crippen LogP contribution in [0.4, 0.5) is 13.2 Å². The highest BCUT2D eigenvalue weighted by Gasteiger charge is 2.31. The van der Waals surface area contributed by atoms with Gasteiger partial charge in [-0.1, -0.05) is 24.3 Å². The lowest BCUT2D eigenvalue weighted by atomic mass is 10.1. The predicted octanol–water partition coefficient (Wildman–Crippen LogP) is 4.34. The molecule has 0 fully saturated rings. The van der Waals surface area contributed by atoms with Crippen LogP contribution in [0.25, 0.3) is 22.2 Å². The maximum absolute atomic E-state index is 12.3. The maximum Gasteiger partial charge on any atom is 0.573 e. The van der Waals surface area contributed by atoms with E-state index < -0.39 is 6.36 Å². The molecule has 3 nitrogen and oxygen atoms in total. The number of hydrogen-bond acceptors (Lipinski definition) is 2. The summed E-state index contributed by atoms with van der Waals surface area (Å²) in [6.45, 7) is 0. The van der Waals surface area contributed by atoms with E-state index in [1.807, 2.05) is 0 Å². The molecular formula is C16H12F3NO2. The number of hydrogen-bond donors (Lipinski definition) is 1. The number of alkyl halides is 3. The van der Waals surface area contributed by atoms with Gasteiger partial charge in [-0.2, -0.15) is 0 Å². The molecule has 2 aromatic carbocycles. The third-order valence-corrected chi connectivity index (χ3v) is 3.12. The molecule has 0 atom stereocenters. The standard InChI is InChI=1S/C16H10F3NO2.H2/c17-16(18,19)22-11-5-3-4-10(8-11)14-9-15(21)12-6-1-2-7-13(12)20-14;/h1-9H,(H,20,21);1H. The Morgan fingerprint density at radius 2 is 1.77 bits per heavy atom. The topological polar surface area (TPSA) is 42.1 Å². The van der Waals surface area contributed by atoms with E-state index in [2.05, 4.69) is 9.72 Å². The molecule has 0 aliphatic heterocycles. The van der Waals surface area contributed by atoms with Gasteiger partial charge in [0, 0.05) is 29.7 Å². The van der Waals surface area contributed by atoms with Crippen LogP contribution in [0.3, 0.4) is 0 Å². The Morgan fingerprint density at radius 3 is 2.55 bits per heavy atom. The van der Waals surface area contributed by atoms with Crippen LogP contribution in [0.15, 0.2) is 59.4 Å². The van der Waals surface area contributed by atoms with Crippen LogP contribution in [0.1, 0.15) is 1.43 Å². The summed E-state index contributed by atoms with van der Waals surface area (Å²) < 4.78 is 40.7. The molecule has 1 heterocycles. The monoisotopic (exact) mass is 307 g/mol. The van der Waals surface area contributed by atoms with Crippen molar-refractivity contribution in [2.24, 2.45) is 0 Å². The van der Waals surface area contributed by atoms with Gasteiger partial charge < -0.3 is 9.72 Å². The Kier molecular flexibility index (Phi) is 3.36. The van der Waals surface area contributed by atoms with Crippen LogP contribution in [0.2, 0.25) is 0 Å². The molecule has 6 heteroatoms. The molecule has 0 bridgehead atoms. The number of benzene rings is 2. The Labute approximate surface area is 124 Å². The zero-order chi connectivity index (χ0) is 15.7.